The van der Waals surface area contributed by atoms with Gasteiger partial charge in [-0.25, -0.2) is 0 Å². The van der Waals surface area contributed by atoms with Crippen LogP contribution < -0.4 is 11.1 Å². The summed E-state index contributed by atoms with van der Waals surface area (Å²) >= 11 is 0. The number of fused-ring (bicyclic) bond motifs is 1. The Hall–Kier alpha value is -2.27. The minimum absolute atomic E-state index is 0.232. The number of amides is 1. The number of hydrogen-bond acceptors (Lipinski definition) is 3. The Morgan fingerprint density at radius 2 is 2.20 bits per heavy atom. The van der Waals surface area contributed by atoms with Crippen LogP contribution in [0.1, 0.15) is 27.7 Å². The van der Waals surface area contributed by atoms with Crippen LogP contribution in [-0.2, 0) is 13.5 Å². The molecule has 0 fully saturated rings. The third kappa shape index (κ3) is 2.06. The van der Waals surface area contributed by atoms with Crippen LogP contribution in [0.2, 0.25) is 0 Å². The van der Waals surface area contributed by atoms with E-state index in [1.165, 1.54) is 0 Å². The number of benzene rings is 1. The molecule has 104 valence electrons. The van der Waals surface area contributed by atoms with Crippen LogP contribution in [0.15, 0.2) is 36.5 Å². The second-order valence-electron chi connectivity index (χ2n) is 5.19. The van der Waals surface area contributed by atoms with Gasteiger partial charge in [0.2, 0.25) is 0 Å². The van der Waals surface area contributed by atoms with Gasteiger partial charge in [-0.1, -0.05) is 24.3 Å². The van der Waals surface area contributed by atoms with Gasteiger partial charge in [-0.2, -0.15) is 0 Å². The van der Waals surface area contributed by atoms with E-state index >= 15 is 0 Å². The second-order valence-corrected chi connectivity index (χ2v) is 5.19. The Labute approximate surface area is 117 Å². The SMILES string of the molecule is Cn1cc(N)cc1C(=O)N[C@@H]1c2ccccc2C[C@@H]1O. The molecule has 0 saturated carbocycles. The van der Waals surface area contributed by atoms with Crippen LogP contribution in [0.4, 0.5) is 5.69 Å². The van der Waals surface area contributed by atoms with Gasteiger partial charge in [0.1, 0.15) is 5.69 Å². The van der Waals surface area contributed by atoms with Crippen LogP contribution in [0, 0.1) is 0 Å². The summed E-state index contributed by atoms with van der Waals surface area (Å²) < 4.78 is 1.68. The van der Waals surface area contributed by atoms with Crippen molar-refractivity contribution in [1.29, 1.82) is 0 Å². The molecule has 0 saturated heterocycles. The highest BCUT2D eigenvalue weighted by molar-refractivity contribution is 5.94. The number of aromatic nitrogens is 1. The molecule has 5 nitrogen and oxygen atoms in total. The number of aryl methyl sites for hydroxylation is 1. The summed E-state index contributed by atoms with van der Waals surface area (Å²) in [5, 5.41) is 13.0. The van der Waals surface area contributed by atoms with Crippen molar-refractivity contribution in [1.82, 2.24) is 9.88 Å². The Morgan fingerprint density at radius 3 is 2.90 bits per heavy atom. The highest BCUT2D eigenvalue weighted by Crippen LogP contribution is 2.31. The molecule has 20 heavy (non-hydrogen) atoms. The van der Waals surface area contributed by atoms with Gasteiger partial charge in [0, 0.05) is 19.7 Å². The number of nitrogen functional groups attached to an aromatic ring is 1. The smallest absolute Gasteiger partial charge is 0.268 e. The number of rotatable bonds is 2. The minimum Gasteiger partial charge on any atom is -0.397 e. The quantitative estimate of drug-likeness (QED) is 0.762. The summed E-state index contributed by atoms with van der Waals surface area (Å²) in [6.45, 7) is 0. The highest BCUT2D eigenvalue weighted by atomic mass is 16.3. The first-order chi connectivity index (χ1) is 9.56. The van der Waals surface area contributed by atoms with E-state index < -0.39 is 6.10 Å². The highest BCUT2D eigenvalue weighted by Gasteiger charge is 2.32. The summed E-state index contributed by atoms with van der Waals surface area (Å²) in [5.41, 5.74) is 8.77. The largest absolute Gasteiger partial charge is 0.397 e. The summed E-state index contributed by atoms with van der Waals surface area (Å²) in [4.78, 5) is 12.3. The van der Waals surface area contributed by atoms with E-state index in [1.807, 2.05) is 24.3 Å². The van der Waals surface area contributed by atoms with Crippen LogP contribution >= 0.6 is 0 Å². The maximum absolute atomic E-state index is 12.3. The molecule has 0 unspecified atom stereocenters. The maximum atomic E-state index is 12.3. The zero-order valence-electron chi connectivity index (χ0n) is 11.2. The van der Waals surface area contributed by atoms with Crippen molar-refractivity contribution < 1.29 is 9.90 Å². The van der Waals surface area contributed by atoms with Crippen molar-refractivity contribution in [2.45, 2.75) is 18.6 Å². The van der Waals surface area contributed by atoms with Crippen molar-refractivity contribution in [3.63, 3.8) is 0 Å². The minimum atomic E-state index is -0.589. The molecule has 0 aliphatic heterocycles. The molecular formula is C15H17N3O2. The zero-order valence-corrected chi connectivity index (χ0v) is 11.2. The van der Waals surface area contributed by atoms with E-state index in [2.05, 4.69) is 5.32 Å². The van der Waals surface area contributed by atoms with Gasteiger partial charge in [0.25, 0.3) is 5.91 Å². The molecule has 2 aromatic rings. The first-order valence-electron chi connectivity index (χ1n) is 6.55. The maximum Gasteiger partial charge on any atom is 0.268 e. The summed E-state index contributed by atoms with van der Waals surface area (Å²) in [6, 6.07) is 9.03. The molecule has 4 N–H and O–H groups in total. The van der Waals surface area contributed by atoms with E-state index in [0.29, 0.717) is 17.8 Å². The number of aliphatic hydroxyl groups excluding tert-OH is 1. The fourth-order valence-corrected chi connectivity index (χ4v) is 2.78. The number of hydrogen-bond donors (Lipinski definition) is 3. The zero-order chi connectivity index (χ0) is 14.3. The van der Waals surface area contributed by atoms with E-state index in [4.69, 9.17) is 5.73 Å². The number of carbonyl (C=O) groups is 1. The molecule has 1 aliphatic carbocycles. The molecule has 0 radical (unpaired) electrons. The lowest BCUT2D eigenvalue weighted by Crippen LogP contribution is -2.34. The Kier molecular flexibility index (Phi) is 2.99. The summed E-state index contributed by atoms with van der Waals surface area (Å²) in [6.07, 6.45) is 1.67. The van der Waals surface area contributed by atoms with Gasteiger partial charge < -0.3 is 20.7 Å². The molecule has 2 atom stereocenters. The van der Waals surface area contributed by atoms with Gasteiger partial charge in [-0.15, -0.1) is 0 Å². The molecular weight excluding hydrogens is 254 g/mol. The van der Waals surface area contributed by atoms with Crippen molar-refractivity contribution >= 4 is 11.6 Å². The molecule has 1 amide bonds. The fraction of sp³-hybridized carbons (Fsp3) is 0.267. The van der Waals surface area contributed by atoms with Crippen molar-refractivity contribution in [3.8, 4) is 0 Å². The van der Waals surface area contributed by atoms with Crippen molar-refractivity contribution in [3.05, 3.63) is 53.3 Å². The van der Waals surface area contributed by atoms with E-state index in [9.17, 15) is 9.90 Å². The lowest BCUT2D eigenvalue weighted by molar-refractivity contribution is 0.0850. The summed E-state index contributed by atoms with van der Waals surface area (Å²) in [7, 11) is 1.77. The van der Waals surface area contributed by atoms with E-state index in [0.717, 1.165) is 11.1 Å². The fourth-order valence-electron chi connectivity index (χ4n) is 2.78. The third-order valence-electron chi connectivity index (χ3n) is 3.75. The number of nitrogens with one attached hydrogen (secondary N) is 1. The van der Waals surface area contributed by atoms with Crippen LogP contribution in [0.25, 0.3) is 0 Å². The first kappa shape index (κ1) is 12.7. The number of aliphatic hydroxyl groups is 1. The lowest BCUT2D eigenvalue weighted by Gasteiger charge is -2.18. The van der Waals surface area contributed by atoms with Crippen LogP contribution in [-0.4, -0.2) is 21.7 Å². The first-order valence-corrected chi connectivity index (χ1v) is 6.55. The van der Waals surface area contributed by atoms with Gasteiger partial charge in [-0.05, 0) is 17.2 Å². The van der Waals surface area contributed by atoms with E-state index in [-0.39, 0.29) is 11.9 Å². The molecule has 5 heteroatoms. The Balaban J connectivity index is 1.85. The van der Waals surface area contributed by atoms with Crippen LogP contribution in [0.5, 0.6) is 0 Å². The molecule has 1 aromatic carbocycles. The lowest BCUT2D eigenvalue weighted by atomic mass is 10.1. The average Bonchev–Trinajstić information content (AvgIpc) is 2.90. The number of carbonyl (C=O) groups excluding carboxylic acids is 1. The topological polar surface area (TPSA) is 80.3 Å². The summed E-state index contributed by atoms with van der Waals surface area (Å²) in [5.74, 6) is -0.232. The number of nitrogens with zero attached hydrogens (tertiary/aromatic N) is 1. The molecule has 1 aliphatic rings. The van der Waals surface area contributed by atoms with E-state index in [1.54, 1.807) is 23.9 Å². The molecule has 0 bridgehead atoms. The Morgan fingerprint density at radius 1 is 1.45 bits per heavy atom. The monoisotopic (exact) mass is 271 g/mol. The molecule has 1 aromatic heterocycles. The van der Waals surface area contributed by atoms with Gasteiger partial charge in [0.05, 0.1) is 17.8 Å². The van der Waals surface area contributed by atoms with Gasteiger partial charge in [-0.3, -0.25) is 4.79 Å². The van der Waals surface area contributed by atoms with Crippen LogP contribution in [0.3, 0.4) is 0 Å². The number of anilines is 1. The Bertz CT molecular complexity index is 663. The normalized spacial score (nSPS) is 20.7. The number of nitrogens with two attached hydrogens (primary N) is 1. The van der Waals surface area contributed by atoms with Crippen molar-refractivity contribution in [2.24, 2.45) is 7.05 Å². The second kappa shape index (κ2) is 4.68. The third-order valence-corrected chi connectivity index (χ3v) is 3.75. The molecule has 0 spiro atoms. The van der Waals surface area contributed by atoms with Gasteiger partial charge in [0.15, 0.2) is 0 Å². The standard InChI is InChI=1S/C15H17N3O2/c1-18-8-10(16)7-12(18)15(20)17-14-11-5-3-2-4-9(11)6-13(14)19/h2-5,7-8,13-14,19H,6,16H2,1H3,(H,17,20)/t13-,14+/m0/s1. The van der Waals surface area contributed by atoms with Gasteiger partial charge >= 0.3 is 0 Å². The predicted octanol–water partition coefficient (Wildman–Crippen LogP) is 0.995. The molecule has 3 rings (SSSR count). The predicted molar refractivity (Wildman–Crippen MR) is 76.2 cm³/mol. The molecule has 1 heterocycles. The van der Waals surface area contributed by atoms with Crippen molar-refractivity contribution in [2.75, 3.05) is 5.73 Å². The average molecular weight is 271 g/mol.